The molecular weight excluding hydrogens is 518 g/mol. The van der Waals surface area contributed by atoms with Crippen molar-refractivity contribution in [1.29, 1.82) is 0 Å². The van der Waals surface area contributed by atoms with E-state index in [9.17, 15) is 9.59 Å². The Kier molecular flexibility index (Phi) is 12.7. The fraction of sp³-hybridized carbons (Fsp3) is 0.593. The van der Waals surface area contributed by atoms with Crippen molar-refractivity contribution in [2.24, 2.45) is 5.84 Å². The molecule has 0 spiro atoms. The lowest BCUT2D eigenvalue weighted by Crippen LogP contribution is -2.60. The van der Waals surface area contributed by atoms with Crippen molar-refractivity contribution in [2.45, 2.75) is 65.0 Å². The standard InChI is InChI=1S/C23H37N7O2S.C4H8O2/c1-6-8-21-27-17(3)22(29(21)25-4)23(31)26-16-18-15-19(9-10-20(18)32-7-2)33-28-11-13-30(5,24)14-12-28;1-3(5)4(2)6/h9-10,15,25H,6-8,11-14,16,24H2,1-5H3;3,5H,1-2H3/p+1. The highest BCUT2D eigenvalue weighted by molar-refractivity contribution is 7.97. The minimum Gasteiger partial charge on any atom is -0.494 e. The van der Waals surface area contributed by atoms with Gasteiger partial charge in [-0.1, -0.05) is 6.92 Å². The molecule has 1 unspecified atom stereocenters. The van der Waals surface area contributed by atoms with Crippen molar-refractivity contribution in [3.8, 4) is 5.75 Å². The van der Waals surface area contributed by atoms with Gasteiger partial charge in [-0.05, 0) is 64.3 Å². The number of aromatic nitrogens is 2. The number of rotatable bonds is 11. The first kappa shape index (κ1) is 32.6. The number of aliphatic hydroxyl groups is 1. The third-order valence-electron chi connectivity index (χ3n) is 6.35. The lowest BCUT2D eigenvalue weighted by molar-refractivity contribution is -0.924. The highest BCUT2D eigenvalue weighted by atomic mass is 32.2. The number of piperazine rings is 1. The topological polar surface area (TPSA) is 135 Å². The van der Waals surface area contributed by atoms with Crippen LogP contribution in [0.1, 0.15) is 61.7 Å². The molecule has 0 bridgehead atoms. The zero-order valence-corrected chi connectivity index (χ0v) is 25.2. The minimum atomic E-state index is -0.787. The second-order valence-corrected chi connectivity index (χ2v) is 11.1. The van der Waals surface area contributed by atoms with Gasteiger partial charge < -0.3 is 20.6 Å². The predicted molar refractivity (Wildman–Crippen MR) is 155 cm³/mol. The number of aliphatic hydroxyl groups excluding tert-OH is 1. The zero-order chi connectivity index (χ0) is 29.2. The van der Waals surface area contributed by atoms with Crippen molar-refractivity contribution < 1.29 is 24.0 Å². The van der Waals surface area contributed by atoms with Gasteiger partial charge in [-0.2, -0.15) is 5.84 Å². The van der Waals surface area contributed by atoms with Gasteiger partial charge in [0.25, 0.3) is 5.91 Å². The second-order valence-electron chi connectivity index (χ2n) is 9.89. The largest absolute Gasteiger partial charge is 0.494 e. The maximum absolute atomic E-state index is 13.1. The van der Waals surface area contributed by atoms with Gasteiger partial charge in [0.05, 0.1) is 32.4 Å². The molecule has 11 nitrogen and oxygen atoms in total. The number of hydrogen-bond acceptors (Lipinski definition) is 9. The molecule has 2 heterocycles. The van der Waals surface area contributed by atoms with Crippen molar-refractivity contribution in [2.75, 3.05) is 52.3 Å². The maximum Gasteiger partial charge on any atom is 0.272 e. The monoisotopic (exact) mass is 564 g/mol. The van der Waals surface area contributed by atoms with Crippen LogP contribution < -0.4 is 21.3 Å². The summed E-state index contributed by atoms with van der Waals surface area (Å²) in [5, 5.41) is 11.3. The molecule has 0 aliphatic carbocycles. The van der Waals surface area contributed by atoms with Crippen molar-refractivity contribution >= 4 is 23.6 Å². The van der Waals surface area contributed by atoms with Crippen LogP contribution in [0.3, 0.4) is 0 Å². The fourth-order valence-electron chi connectivity index (χ4n) is 3.94. The second kappa shape index (κ2) is 15.2. The SMILES string of the molecule is CC(=O)C(C)O.CCCc1nc(C)c(C(=O)NCc2cc(SN3CC[N+](C)(N)CC3)ccc2OCC)n1NC. The Morgan fingerprint density at radius 1 is 1.28 bits per heavy atom. The van der Waals surface area contributed by atoms with Crippen LogP contribution in [-0.4, -0.2) is 88.3 Å². The summed E-state index contributed by atoms with van der Waals surface area (Å²) in [6, 6.07) is 6.16. The van der Waals surface area contributed by atoms with Crippen LogP contribution in [0, 0.1) is 6.92 Å². The lowest BCUT2D eigenvalue weighted by atomic mass is 10.2. The Hall–Kier alpha value is -2.64. The number of likely N-dealkylation sites (N-methyl/N-ethyl adjacent to an activating group) is 1. The molecule has 0 saturated carbocycles. The summed E-state index contributed by atoms with van der Waals surface area (Å²) in [6.45, 7) is 13.4. The maximum atomic E-state index is 13.1. The number of benzene rings is 1. The summed E-state index contributed by atoms with van der Waals surface area (Å²) in [6.07, 6.45) is 0.980. The van der Waals surface area contributed by atoms with Gasteiger partial charge in [-0.15, -0.1) is 0 Å². The van der Waals surface area contributed by atoms with Crippen LogP contribution in [0.5, 0.6) is 5.75 Å². The first-order valence-corrected chi connectivity index (χ1v) is 14.2. The average Bonchev–Trinajstić information content (AvgIpc) is 3.20. The normalized spacial score (nSPS) is 15.6. The first-order valence-electron chi connectivity index (χ1n) is 13.5. The van der Waals surface area contributed by atoms with Gasteiger partial charge in [0.1, 0.15) is 36.5 Å². The summed E-state index contributed by atoms with van der Waals surface area (Å²) in [5.41, 5.74) is 5.30. The Labute approximate surface area is 236 Å². The summed E-state index contributed by atoms with van der Waals surface area (Å²) < 4.78 is 10.5. The van der Waals surface area contributed by atoms with E-state index < -0.39 is 6.10 Å². The van der Waals surface area contributed by atoms with E-state index in [-0.39, 0.29) is 11.7 Å². The molecule has 3 rings (SSSR count). The van der Waals surface area contributed by atoms with Crippen LogP contribution in [0.4, 0.5) is 0 Å². The number of nitrogens with one attached hydrogen (secondary N) is 2. The van der Waals surface area contributed by atoms with E-state index in [1.807, 2.05) is 19.9 Å². The molecule has 1 amide bonds. The van der Waals surface area contributed by atoms with Gasteiger partial charge in [0, 0.05) is 30.5 Å². The minimum absolute atomic E-state index is 0.159. The van der Waals surface area contributed by atoms with E-state index in [0.717, 1.165) is 66.7 Å². The molecule has 5 N–H and O–H groups in total. The third kappa shape index (κ3) is 9.80. The van der Waals surface area contributed by atoms with Crippen LogP contribution in [0.15, 0.2) is 23.1 Å². The first-order chi connectivity index (χ1) is 18.4. The summed E-state index contributed by atoms with van der Waals surface area (Å²) >= 11 is 1.73. The Balaban J connectivity index is 0.000000798. The molecule has 39 heavy (non-hydrogen) atoms. The van der Waals surface area contributed by atoms with Gasteiger partial charge in [-0.3, -0.25) is 9.59 Å². The molecule has 1 atom stereocenters. The fourth-order valence-corrected chi connectivity index (χ4v) is 4.90. The number of hydrogen-bond donors (Lipinski definition) is 4. The molecule has 1 aromatic carbocycles. The Morgan fingerprint density at radius 3 is 2.46 bits per heavy atom. The number of Topliss-reactive ketones (excluding diaryl/α,β-unsaturated/α-hetero) is 1. The van der Waals surface area contributed by atoms with E-state index in [0.29, 0.717) is 23.4 Å². The molecule has 12 heteroatoms. The number of ether oxygens (including phenoxy) is 1. The summed E-state index contributed by atoms with van der Waals surface area (Å²) in [4.78, 5) is 28.7. The lowest BCUT2D eigenvalue weighted by Gasteiger charge is -2.37. The summed E-state index contributed by atoms with van der Waals surface area (Å²) in [7, 11) is 3.87. The molecule has 2 aromatic rings. The van der Waals surface area contributed by atoms with Gasteiger partial charge in [-0.25, -0.2) is 18.6 Å². The predicted octanol–water partition coefficient (Wildman–Crippen LogP) is 2.25. The van der Waals surface area contributed by atoms with Crippen LogP contribution >= 0.6 is 11.9 Å². The highest BCUT2D eigenvalue weighted by Crippen LogP contribution is 2.29. The number of ketones is 1. The molecule has 1 aliphatic rings. The molecule has 1 saturated heterocycles. The molecule has 0 radical (unpaired) electrons. The highest BCUT2D eigenvalue weighted by Gasteiger charge is 2.26. The number of quaternary nitrogens is 1. The molecular formula is C27H46N7O4S+. The number of nitrogens with two attached hydrogens (primary N) is 1. The number of amides is 1. The van der Waals surface area contributed by atoms with E-state index in [1.165, 1.54) is 13.8 Å². The number of aryl methyl sites for hydroxylation is 2. The van der Waals surface area contributed by atoms with Gasteiger partial charge in [0.15, 0.2) is 5.78 Å². The third-order valence-corrected chi connectivity index (χ3v) is 7.44. The van der Waals surface area contributed by atoms with Crippen LogP contribution in [0.2, 0.25) is 0 Å². The van der Waals surface area contributed by atoms with E-state index >= 15 is 0 Å². The average molecular weight is 565 g/mol. The van der Waals surface area contributed by atoms with Crippen LogP contribution in [0.25, 0.3) is 0 Å². The van der Waals surface area contributed by atoms with Crippen LogP contribution in [-0.2, 0) is 17.8 Å². The van der Waals surface area contributed by atoms with Gasteiger partial charge >= 0.3 is 0 Å². The van der Waals surface area contributed by atoms with Crippen molar-refractivity contribution in [1.82, 2.24) is 19.3 Å². The quantitative estimate of drug-likeness (QED) is 0.184. The smallest absolute Gasteiger partial charge is 0.272 e. The number of carbonyl (C=O) groups is 2. The number of nitrogens with zero attached hydrogens (tertiary/aromatic N) is 4. The van der Waals surface area contributed by atoms with E-state index in [2.05, 4.69) is 46.1 Å². The Morgan fingerprint density at radius 2 is 1.92 bits per heavy atom. The molecule has 218 valence electrons. The number of imidazole rings is 1. The zero-order valence-electron chi connectivity index (χ0n) is 24.4. The Bertz CT molecular complexity index is 1090. The molecule has 1 aromatic heterocycles. The van der Waals surface area contributed by atoms with Crippen molar-refractivity contribution in [3.63, 3.8) is 0 Å². The summed E-state index contributed by atoms with van der Waals surface area (Å²) in [5.74, 6) is 7.52. The molecule has 1 fully saturated rings. The van der Waals surface area contributed by atoms with Crippen molar-refractivity contribution in [3.05, 3.63) is 41.0 Å². The van der Waals surface area contributed by atoms with E-state index in [1.54, 1.807) is 23.7 Å². The number of carbonyl (C=O) groups excluding carboxylic acids is 2. The van der Waals surface area contributed by atoms with E-state index in [4.69, 9.17) is 15.7 Å². The van der Waals surface area contributed by atoms with Gasteiger partial charge in [0.2, 0.25) is 0 Å². The molecule has 1 aliphatic heterocycles.